The molecule has 9 heteroatoms. The highest BCUT2D eigenvalue weighted by Crippen LogP contribution is 2.50. The Balaban J connectivity index is 1.36. The third-order valence-electron chi connectivity index (χ3n) is 8.18. The van der Waals surface area contributed by atoms with Crippen LogP contribution < -0.4 is 0 Å². The maximum absolute atomic E-state index is 12.3. The van der Waals surface area contributed by atoms with Gasteiger partial charge in [-0.3, -0.25) is 9.89 Å². The van der Waals surface area contributed by atoms with E-state index in [0.717, 1.165) is 47.3 Å². The molecule has 4 aromatic heterocycles. The summed E-state index contributed by atoms with van der Waals surface area (Å²) in [5.74, 6) is 0.310. The van der Waals surface area contributed by atoms with Crippen LogP contribution in [0, 0.1) is 23.7 Å². The Labute approximate surface area is 222 Å². The molecule has 0 amide bonds. The Bertz CT molecular complexity index is 1620. The fraction of sp³-hybridized carbons (Fsp3) is 0.321. The lowest BCUT2D eigenvalue weighted by molar-refractivity contribution is -0.152. The Morgan fingerprint density at radius 3 is 2.70 bits per heavy atom. The molecule has 2 N–H and O–H groups in total. The molecule has 37 heavy (non-hydrogen) atoms. The number of benzene rings is 1. The molecule has 0 radical (unpaired) electrons. The van der Waals surface area contributed by atoms with Gasteiger partial charge in [0.1, 0.15) is 5.69 Å². The van der Waals surface area contributed by atoms with Gasteiger partial charge in [-0.05, 0) is 79.5 Å². The van der Waals surface area contributed by atoms with Crippen LogP contribution in [0.3, 0.4) is 0 Å². The van der Waals surface area contributed by atoms with Crippen molar-refractivity contribution in [1.29, 1.82) is 0 Å². The van der Waals surface area contributed by atoms with Gasteiger partial charge in [0.15, 0.2) is 11.5 Å². The predicted molar refractivity (Wildman–Crippen MR) is 145 cm³/mol. The number of carboxylic acid groups (broad SMARTS) is 1. The van der Waals surface area contributed by atoms with Crippen molar-refractivity contribution >= 4 is 50.0 Å². The fourth-order valence-corrected chi connectivity index (χ4v) is 7.67. The van der Waals surface area contributed by atoms with E-state index in [-0.39, 0.29) is 17.8 Å². The Morgan fingerprint density at radius 2 is 1.89 bits per heavy atom. The van der Waals surface area contributed by atoms with Crippen LogP contribution in [-0.2, 0) is 11.2 Å². The van der Waals surface area contributed by atoms with Gasteiger partial charge in [-0.1, -0.05) is 29.8 Å². The molecular formula is C28H24ClN5O2S. The molecule has 186 valence electrons. The third kappa shape index (κ3) is 3.99. The van der Waals surface area contributed by atoms with E-state index in [0.29, 0.717) is 34.5 Å². The lowest BCUT2D eigenvalue weighted by atomic mass is 9.57. The number of hydrogen-bond acceptors (Lipinski definition) is 6. The second-order valence-corrected chi connectivity index (χ2v) is 11.8. The molecule has 3 aliphatic rings. The quantitative estimate of drug-likeness (QED) is 0.265. The number of aliphatic carboxylic acids is 1. The monoisotopic (exact) mass is 529 g/mol. The normalized spacial score (nSPS) is 23.2. The number of rotatable bonds is 5. The number of aromatic amines is 1. The van der Waals surface area contributed by atoms with Crippen LogP contribution in [0.4, 0.5) is 0 Å². The maximum atomic E-state index is 12.3. The molecule has 7 nitrogen and oxygen atoms in total. The summed E-state index contributed by atoms with van der Waals surface area (Å²) in [6.07, 6.45) is 6.45. The minimum absolute atomic E-state index is 0.0811. The van der Waals surface area contributed by atoms with E-state index in [1.165, 1.54) is 10.1 Å². The second kappa shape index (κ2) is 8.89. The number of thiophene rings is 1. The van der Waals surface area contributed by atoms with Gasteiger partial charge in [0, 0.05) is 16.6 Å². The summed E-state index contributed by atoms with van der Waals surface area (Å²) < 4.78 is 1.19. The average molecular weight is 530 g/mol. The van der Waals surface area contributed by atoms with Crippen molar-refractivity contribution in [3.63, 3.8) is 0 Å². The largest absolute Gasteiger partial charge is 0.481 e. The van der Waals surface area contributed by atoms with E-state index in [4.69, 9.17) is 21.6 Å². The van der Waals surface area contributed by atoms with Gasteiger partial charge >= 0.3 is 5.97 Å². The van der Waals surface area contributed by atoms with Crippen molar-refractivity contribution in [1.82, 2.24) is 25.1 Å². The first kappa shape index (κ1) is 22.8. The zero-order chi connectivity index (χ0) is 25.1. The zero-order valence-electron chi connectivity index (χ0n) is 19.9. The first-order valence-electron chi connectivity index (χ1n) is 12.6. The number of pyridine rings is 1. The van der Waals surface area contributed by atoms with Crippen LogP contribution in [0.25, 0.3) is 43.2 Å². The van der Waals surface area contributed by atoms with E-state index < -0.39 is 5.97 Å². The summed E-state index contributed by atoms with van der Waals surface area (Å²) in [6.45, 7) is 0. The maximum Gasteiger partial charge on any atom is 0.307 e. The van der Waals surface area contributed by atoms with Gasteiger partial charge in [0.25, 0.3) is 0 Å². The van der Waals surface area contributed by atoms with Crippen LogP contribution in [0.15, 0.2) is 48.7 Å². The molecule has 0 spiro atoms. The van der Waals surface area contributed by atoms with Crippen LogP contribution in [0.2, 0.25) is 5.02 Å². The number of nitrogens with one attached hydrogen (secondary N) is 1. The zero-order valence-corrected chi connectivity index (χ0v) is 21.5. The molecule has 5 aromatic rings. The highest BCUT2D eigenvalue weighted by atomic mass is 35.5. The summed E-state index contributed by atoms with van der Waals surface area (Å²) in [5.41, 5.74) is 2.90. The molecule has 4 heterocycles. The highest BCUT2D eigenvalue weighted by molar-refractivity contribution is 7.22. The summed E-state index contributed by atoms with van der Waals surface area (Å²) in [6, 6.07) is 14.3. The number of halogens is 1. The van der Waals surface area contributed by atoms with Crippen LogP contribution in [-0.4, -0.2) is 36.2 Å². The van der Waals surface area contributed by atoms with Gasteiger partial charge in [0.05, 0.1) is 26.9 Å². The van der Waals surface area contributed by atoms with Gasteiger partial charge in [-0.2, -0.15) is 5.10 Å². The van der Waals surface area contributed by atoms with E-state index in [1.54, 1.807) is 17.5 Å². The minimum atomic E-state index is -0.668. The lowest BCUT2D eigenvalue weighted by Gasteiger charge is -2.46. The number of aromatic nitrogens is 5. The van der Waals surface area contributed by atoms with Crippen LogP contribution >= 0.6 is 22.9 Å². The van der Waals surface area contributed by atoms with Crippen molar-refractivity contribution < 1.29 is 9.90 Å². The molecule has 3 aliphatic carbocycles. The van der Waals surface area contributed by atoms with Gasteiger partial charge in [0.2, 0.25) is 0 Å². The Hall–Kier alpha value is -3.36. The van der Waals surface area contributed by atoms with Crippen molar-refractivity contribution in [3.8, 4) is 22.1 Å². The molecule has 2 bridgehead atoms. The van der Waals surface area contributed by atoms with Crippen molar-refractivity contribution in [2.24, 2.45) is 23.7 Å². The first-order chi connectivity index (χ1) is 18.0. The Morgan fingerprint density at radius 1 is 1.08 bits per heavy atom. The molecule has 1 aromatic carbocycles. The van der Waals surface area contributed by atoms with E-state index in [1.807, 2.05) is 24.3 Å². The number of carbonyl (C=O) groups is 1. The van der Waals surface area contributed by atoms with Crippen LogP contribution in [0.1, 0.15) is 31.4 Å². The smallest absolute Gasteiger partial charge is 0.307 e. The molecule has 3 saturated carbocycles. The first-order valence-corrected chi connectivity index (χ1v) is 13.8. The SMILES string of the molecule is O=C(O)C1C2CCC(CC2)C1Cc1cc(-c2cc3ccccc3s2)nc(-c2[nH]nc3ncc(Cl)cc23)n1. The highest BCUT2D eigenvalue weighted by Gasteiger charge is 2.47. The summed E-state index contributed by atoms with van der Waals surface area (Å²) in [5, 5.41) is 19.9. The lowest BCUT2D eigenvalue weighted by Crippen LogP contribution is -2.45. The van der Waals surface area contributed by atoms with Crippen LogP contribution in [0.5, 0.6) is 0 Å². The van der Waals surface area contributed by atoms with E-state index in [2.05, 4.69) is 33.4 Å². The second-order valence-electron chi connectivity index (χ2n) is 10.2. The van der Waals surface area contributed by atoms with Gasteiger partial charge in [-0.25, -0.2) is 15.0 Å². The number of fused-ring (bicyclic) bond motifs is 5. The molecule has 2 unspecified atom stereocenters. The molecule has 0 aliphatic heterocycles. The molecule has 0 saturated heterocycles. The molecular weight excluding hydrogens is 506 g/mol. The number of H-pyrrole nitrogens is 1. The van der Waals surface area contributed by atoms with Crippen molar-refractivity contribution in [3.05, 3.63) is 59.4 Å². The predicted octanol–water partition coefficient (Wildman–Crippen LogP) is 6.63. The number of nitrogens with zero attached hydrogens (tertiary/aromatic N) is 4. The van der Waals surface area contributed by atoms with E-state index in [9.17, 15) is 9.90 Å². The van der Waals surface area contributed by atoms with Crippen molar-refractivity contribution in [2.45, 2.75) is 32.1 Å². The Kier molecular flexibility index (Phi) is 5.48. The molecule has 3 fully saturated rings. The average Bonchev–Trinajstić information content (AvgIpc) is 3.53. The molecule has 2 atom stereocenters. The summed E-state index contributed by atoms with van der Waals surface area (Å²) >= 11 is 7.94. The van der Waals surface area contributed by atoms with Gasteiger partial charge in [-0.15, -0.1) is 11.3 Å². The number of carboxylic acids is 1. The third-order valence-corrected chi connectivity index (χ3v) is 9.52. The summed E-state index contributed by atoms with van der Waals surface area (Å²) in [7, 11) is 0. The topological polar surface area (TPSA) is 105 Å². The standard InChI is InChI=1S/C28H24ClN5O2S/c29-17-10-20-25(33-34-26(20)30-13-17)27-31-18(11-19-14-5-7-15(8-6-14)24(19)28(35)36)12-21(32-27)23-9-16-3-1-2-4-22(16)37-23/h1-4,9-10,12-15,19,24H,5-8,11H2,(H,35,36)(H,30,33,34). The summed E-state index contributed by atoms with van der Waals surface area (Å²) in [4.78, 5) is 27.6. The minimum Gasteiger partial charge on any atom is -0.481 e. The fourth-order valence-electron chi connectivity index (χ4n) is 6.49. The molecule has 8 rings (SSSR count). The van der Waals surface area contributed by atoms with Crippen molar-refractivity contribution in [2.75, 3.05) is 0 Å². The van der Waals surface area contributed by atoms with E-state index >= 15 is 0 Å². The van der Waals surface area contributed by atoms with Gasteiger partial charge < -0.3 is 5.11 Å². The number of hydrogen-bond donors (Lipinski definition) is 2.